The zero-order chi connectivity index (χ0) is 16.8. The highest BCUT2D eigenvalue weighted by molar-refractivity contribution is 6.06. The van der Waals surface area contributed by atoms with Gasteiger partial charge in [-0.1, -0.05) is 6.92 Å². The molecule has 0 aromatic heterocycles. The van der Waals surface area contributed by atoms with Gasteiger partial charge in [0.1, 0.15) is 0 Å². The summed E-state index contributed by atoms with van der Waals surface area (Å²) in [6.45, 7) is 4.08. The van der Waals surface area contributed by atoms with Gasteiger partial charge in [-0.05, 0) is 31.7 Å². The van der Waals surface area contributed by atoms with Crippen LogP contribution in [0.5, 0.6) is 0 Å². The van der Waals surface area contributed by atoms with Crippen LogP contribution in [-0.4, -0.2) is 60.5 Å². The molecule has 25 heavy (non-hydrogen) atoms. The predicted octanol–water partition coefficient (Wildman–Crippen LogP) is 0.0749. The molecule has 0 aromatic carbocycles. The Morgan fingerprint density at radius 3 is 2.44 bits per heavy atom. The zero-order valence-electron chi connectivity index (χ0n) is 14.4. The third-order valence-electron chi connectivity index (χ3n) is 6.11. The number of piperidine rings is 1. The maximum atomic E-state index is 12.5. The van der Waals surface area contributed by atoms with Crippen LogP contribution < -0.4 is 10.6 Å². The van der Waals surface area contributed by atoms with E-state index in [9.17, 15) is 14.4 Å². The highest BCUT2D eigenvalue weighted by atomic mass is 35.5. The molecule has 4 rings (SSSR count). The number of hydrogen-bond donors (Lipinski definition) is 2. The van der Waals surface area contributed by atoms with E-state index in [4.69, 9.17) is 4.74 Å². The van der Waals surface area contributed by atoms with E-state index in [1.54, 1.807) is 0 Å². The maximum absolute atomic E-state index is 12.5. The van der Waals surface area contributed by atoms with Crippen molar-refractivity contribution in [3.8, 4) is 0 Å². The molecule has 140 valence electrons. The summed E-state index contributed by atoms with van der Waals surface area (Å²) in [7, 11) is 0. The first-order valence-electron chi connectivity index (χ1n) is 9.07. The number of halogens is 1. The molecule has 4 fully saturated rings. The van der Waals surface area contributed by atoms with E-state index in [0.29, 0.717) is 5.92 Å². The smallest absolute Gasteiger partial charge is 0.235 e. The number of imide groups is 1. The van der Waals surface area contributed by atoms with Crippen LogP contribution in [0, 0.1) is 17.8 Å². The van der Waals surface area contributed by atoms with Gasteiger partial charge in [-0.25, -0.2) is 0 Å². The fourth-order valence-electron chi connectivity index (χ4n) is 4.67. The third-order valence-corrected chi connectivity index (χ3v) is 6.11. The molecule has 0 aliphatic carbocycles. The molecule has 2 N–H and O–H groups in total. The second-order valence-corrected chi connectivity index (χ2v) is 7.56. The van der Waals surface area contributed by atoms with E-state index in [-0.39, 0.29) is 73.2 Å². The van der Waals surface area contributed by atoms with E-state index < -0.39 is 0 Å². The fourth-order valence-corrected chi connectivity index (χ4v) is 4.67. The lowest BCUT2D eigenvalue weighted by Gasteiger charge is -2.30. The molecule has 0 spiro atoms. The first-order valence-corrected chi connectivity index (χ1v) is 9.07. The summed E-state index contributed by atoms with van der Waals surface area (Å²) < 4.78 is 5.71. The molecule has 6 unspecified atom stereocenters. The van der Waals surface area contributed by atoms with Gasteiger partial charge in [0.2, 0.25) is 17.7 Å². The van der Waals surface area contributed by atoms with Gasteiger partial charge in [0.15, 0.2) is 0 Å². The fraction of sp³-hybridized carbons (Fsp3) is 0.824. The van der Waals surface area contributed by atoms with E-state index in [0.717, 1.165) is 32.4 Å². The minimum atomic E-state index is -0.304. The Morgan fingerprint density at radius 2 is 1.84 bits per heavy atom. The Kier molecular flexibility index (Phi) is 5.37. The van der Waals surface area contributed by atoms with Crippen molar-refractivity contribution < 1.29 is 19.1 Å². The summed E-state index contributed by atoms with van der Waals surface area (Å²) in [6, 6.07) is 0.125. The highest BCUT2D eigenvalue weighted by Gasteiger charge is 2.62. The monoisotopic (exact) mass is 371 g/mol. The number of ether oxygens (including phenoxy) is 1. The van der Waals surface area contributed by atoms with Gasteiger partial charge in [-0.3, -0.25) is 19.3 Å². The summed E-state index contributed by atoms with van der Waals surface area (Å²) in [6.07, 6.45) is 2.77. The first kappa shape index (κ1) is 18.6. The summed E-state index contributed by atoms with van der Waals surface area (Å²) in [4.78, 5) is 38.5. The van der Waals surface area contributed by atoms with Crippen molar-refractivity contribution in [3.63, 3.8) is 0 Å². The average molecular weight is 372 g/mol. The van der Waals surface area contributed by atoms with Gasteiger partial charge in [-0.15, -0.1) is 12.4 Å². The molecule has 0 radical (unpaired) electrons. The van der Waals surface area contributed by atoms with Gasteiger partial charge in [0, 0.05) is 25.6 Å². The van der Waals surface area contributed by atoms with Gasteiger partial charge < -0.3 is 15.4 Å². The lowest BCUT2D eigenvalue weighted by Crippen LogP contribution is -2.50. The summed E-state index contributed by atoms with van der Waals surface area (Å²) in [5.41, 5.74) is 0. The number of hydrogen-bond acceptors (Lipinski definition) is 5. The molecular formula is C17H26ClN3O4. The Hall–Kier alpha value is -1.18. The van der Waals surface area contributed by atoms with Crippen LogP contribution in [-0.2, 0) is 19.1 Å². The zero-order valence-corrected chi connectivity index (χ0v) is 15.2. The predicted molar refractivity (Wildman–Crippen MR) is 92.0 cm³/mol. The molecule has 4 aliphatic rings. The van der Waals surface area contributed by atoms with Gasteiger partial charge >= 0.3 is 0 Å². The molecule has 3 amide bonds. The van der Waals surface area contributed by atoms with E-state index >= 15 is 0 Å². The Balaban J connectivity index is 0.00000182. The van der Waals surface area contributed by atoms with Crippen molar-refractivity contribution in [3.05, 3.63) is 0 Å². The van der Waals surface area contributed by atoms with Gasteiger partial charge in [0.25, 0.3) is 0 Å². The molecule has 4 heterocycles. The number of likely N-dealkylation sites (tertiary alicyclic amines) is 1. The molecule has 0 saturated carbocycles. The molecule has 4 aliphatic heterocycles. The van der Waals surface area contributed by atoms with E-state index in [1.165, 1.54) is 4.90 Å². The maximum Gasteiger partial charge on any atom is 0.235 e. The second kappa shape index (κ2) is 7.21. The van der Waals surface area contributed by atoms with Crippen molar-refractivity contribution >= 4 is 30.1 Å². The third kappa shape index (κ3) is 3.17. The molecule has 4 saturated heterocycles. The summed E-state index contributed by atoms with van der Waals surface area (Å²) in [5.74, 6) is -0.538. The SMILES string of the molecule is CC1CCNCC1NC(=O)CCN1C(=O)C2C3CCC(O3)C2C1=O.Cl. The second-order valence-electron chi connectivity index (χ2n) is 7.56. The molecular weight excluding hydrogens is 346 g/mol. The average Bonchev–Trinajstić information content (AvgIpc) is 3.23. The molecule has 2 bridgehead atoms. The van der Waals surface area contributed by atoms with Crippen LogP contribution in [0.4, 0.5) is 0 Å². The van der Waals surface area contributed by atoms with Crippen molar-refractivity contribution in [2.24, 2.45) is 17.8 Å². The molecule has 7 nitrogen and oxygen atoms in total. The topological polar surface area (TPSA) is 87.7 Å². The van der Waals surface area contributed by atoms with Crippen LogP contribution in [0.3, 0.4) is 0 Å². The van der Waals surface area contributed by atoms with Gasteiger partial charge in [0.05, 0.1) is 24.0 Å². The van der Waals surface area contributed by atoms with Crippen molar-refractivity contribution in [2.45, 2.75) is 50.9 Å². The Labute approximate surface area is 153 Å². The Bertz CT molecular complexity index is 544. The van der Waals surface area contributed by atoms with Crippen LogP contribution in [0.25, 0.3) is 0 Å². The number of fused-ring (bicyclic) bond motifs is 5. The standard InChI is InChI=1S/C17H25N3O4.ClH/c1-9-4-6-18-8-10(9)19-13(21)5-7-20-16(22)14-11-2-3-12(24-11)15(14)17(20)23;/h9-12,14-15,18H,2-8H2,1H3,(H,19,21);1H. The summed E-state index contributed by atoms with van der Waals surface area (Å²) in [5, 5.41) is 6.31. The highest BCUT2D eigenvalue weighted by Crippen LogP contribution is 2.48. The quantitative estimate of drug-likeness (QED) is 0.683. The number of nitrogens with zero attached hydrogens (tertiary/aromatic N) is 1. The lowest BCUT2D eigenvalue weighted by atomic mass is 9.81. The van der Waals surface area contributed by atoms with Crippen LogP contribution in [0.2, 0.25) is 0 Å². The largest absolute Gasteiger partial charge is 0.373 e. The molecule has 0 aromatic rings. The number of nitrogens with one attached hydrogen (secondary N) is 2. The van der Waals surface area contributed by atoms with E-state index in [1.807, 2.05) is 0 Å². The van der Waals surface area contributed by atoms with Crippen LogP contribution >= 0.6 is 12.4 Å². The van der Waals surface area contributed by atoms with Crippen LogP contribution in [0.1, 0.15) is 32.6 Å². The first-order chi connectivity index (χ1) is 11.6. The lowest BCUT2D eigenvalue weighted by molar-refractivity contribution is -0.142. The molecule has 6 atom stereocenters. The summed E-state index contributed by atoms with van der Waals surface area (Å²) >= 11 is 0. The van der Waals surface area contributed by atoms with Crippen molar-refractivity contribution in [1.82, 2.24) is 15.5 Å². The number of amides is 3. The van der Waals surface area contributed by atoms with Gasteiger partial charge in [-0.2, -0.15) is 0 Å². The normalized spacial score (nSPS) is 39.3. The van der Waals surface area contributed by atoms with Crippen LogP contribution in [0.15, 0.2) is 0 Å². The number of carbonyl (C=O) groups is 3. The number of carbonyl (C=O) groups excluding carboxylic acids is 3. The Morgan fingerprint density at radius 1 is 1.20 bits per heavy atom. The van der Waals surface area contributed by atoms with E-state index in [2.05, 4.69) is 17.6 Å². The van der Waals surface area contributed by atoms with Crippen molar-refractivity contribution in [1.29, 1.82) is 0 Å². The minimum Gasteiger partial charge on any atom is -0.373 e. The molecule has 8 heteroatoms. The number of rotatable bonds is 4. The minimum absolute atomic E-state index is 0. The van der Waals surface area contributed by atoms with Crippen molar-refractivity contribution in [2.75, 3.05) is 19.6 Å².